The van der Waals surface area contributed by atoms with Crippen LogP contribution in [-0.2, 0) is 6.42 Å². The van der Waals surface area contributed by atoms with E-state index in [1.54, 1.807) is 12.4 Å². The molecule has 1 N–H and O–H groups in total. The van der Waals surface area contributed by atoms with Crippen LogP contribution in [0.25, 0.3) is 22.0 Å². The van der Waals surface area contributed by atoms with E-state index in [9.17, 15) is 4.79 Å². The van der Waals surface area contributed by atoms with E-state index in [1.807, 2.05) is 24.3 Å². The first-order valence-electron chi connectivity index (χ1n) is 6.34. The summed E-state index contributed by atoms with van der Waals surface area (Å²) < 4.78 is 0. The van der Waals surface area contributed by atoms with E-state index in [1.165, 1.54) is 5.56 Å². The van der Waals surface area contributed by atoms with Crippen molar-refractivity contribution in [1.29, 1.82) is 0 Å². The number of aryl methyl sites for hydroxylation is 1. The van der Waals surface area contributed by atoms with Gasteiger partial charge in [-0.15, -0.1) is 0 Å². The highest BCUT2D eigenvalue weighted by atomic mass is 16.1. The fraction of sp³-hybridized carbons (Fsp3) is 0.125. The first kappa shape index (κ1) is 11.7. The maximum Gasteiger partial charge on any atom is 0.256 e. The number of hydrogen-bond acceptors (Lipinski definition) is 2. The first-order chi connectivity index (χ1) is 9.28. The lowest BCUT2D eigenvalue weighted by Crippen LogP contribution is -2.08. The van der Waals surface area contributed by atoms with Gasteiger partial charge in [-0.2, -0.15) is 0 Å². The molecule has 0 saturated carbocycles. The number of nitrogens with zero attached hydrogens (tertiary/aromatic N) is 1. The summed E-state index contributed by atoms with van der Waals surface area (Å²) in [5.74, 6) is 0. The van der Waals surface area contributed by atoms with E-state index in [0.29, 0.717) is 5.56 Å². The van der Waals surface area contributed by atoms with Crippen molar-refractivity contribution in [3.05, 3.63) is 64.7 Å². The Labute approximate surface area is 111 Å². The molecule has 0 atom stereocenters. The SMILES string of the molecule is CCc1ccc(-c2cc3ccncc3[nH]c2=O)cc1. The number of rotatable bonds is 2. The van der Waals surface area contributed by atoms with Crippen LogP contribution in [-0.4, -0.2) is 9.97 Å². The van der Waals surface area contributed by atoms with E-state index < -0.39 is 0 Å². The van der Waals surface area contributed by atoms with Gasteiger partial charge in [-0.25, -0.2) is 0 Å². The van der Waals surface area contributed by atoms with E-state index in [-0.39, 0.29) is 5.56 Å². The third kappa shape index (κ3) is 2.15. The zero-order chi connectivity index (χ0) is 13.2. The molecular weight excluding hydrogens is 236 g/mol. The van der Waals surface area contributed by atoms with Gasteiger partial charge >= 0.3 is 0 Å². The molecule has 1 aromatic carbocycles. The molecule has 0 aliphatic carbocycles. The molecule has 0 amide bonds. The quantitative estimate of drug-likeness (QED) is 0.759. The second kappa shape index (κ2) is 4.69. The number of aromatic amines is 1. The highest BCUT2D eigenvalue weighted by molar-refractivity contribution is 5.82. The lowest BCUT2D eigenvalue weighted by molar-refractivity contribution is 1.14. The molecule has 19 heavy (non-hydrogen) atoms. The molecule has 0 saturated heterocycles. The summed E-state index contributed by atoms with van der Waals surface area (Å²) in [6.07, 6.45) is 4.39. The molecule has 0 aliphatic heterocycles. The molecule has 0 radical (unpaired) electrons. The van der Waals surface area contributed by atoms with Crippen molar-refractivity contribution < 1.29 is 0 Å². The van der Waals surface area contributed by atoms with E-state index in [2.05, 4.69) is 29.0 Å². The Morgan fingerprint density at radius 2 is 1.95 bits per heavy atom. The van der Waals surface area contributed by atoms with Crippen molar-refractivity contribution >= 4 is 10.9 Å². The highest BCUT2D eigenvalue weighted by Crippen LogP contribution is 2.19. The number of pyridine rings is 2. The van der Waals surface area contributed by atoms with Crippen LogP contribution in [0.4, 0.5) is 0 Å². The fourth-order valence-corrected chi connectivity index (χ4v) is 2.18. The summed E-state index contributed by atoms with van der Waals surface area (Å²) in [6.45, 7) is 2.12. The average molecular weight is 250 g/mol. The van der Waals surface area contributed by atoms with Gasteiger partial charge in [-0.3, -0.25) is 9.78 Å². The molecule has 3 nitrogen and oxygen atoms in total. The molecular formula is C16H14N2O. The van der Waals surface area contributed by atoms with Gasteiger partial charge in [0.2, 0.25) is 0 Å². The van der Waals surface area contributed by atoms with E-state index in [0.717, 1.165) is 22.9 Å². The third-order valence-electron chi connectivity index (χ3n) is 3.32. The van der Waals surface area contributed by atoms with Crippen molar-refractivity contribution in [3.8, 4) is 11.1 Å². The predicted octanol–water partition coefficient (Wildman–Crippen LogP) is 3.15. The zero-order valence-electron chi connectivity index (χ0n) is 10.7. The maximum atomic E-state index is 12.1. The van der Waals surface area contributed by atoms with Crippen LogP contribution >= 0.6 is 0 Å². The lowest BCUT2D eigenvalue weighted by atomic mass is 10.0. The summed E-state index contributed by atoms with van der Waals surface area (Å²) in [7, 11) is 0. The Balaban J connectivity index is 2.18. The van der Waals surface area contributed by atoms with Crippen LogP contribution in [0.15, 0.2) is 53.6 Å². The Bertz CT molecular complexity index is 773. The minimum absolute atomic E-state index is 0.0789. The van der Waals surface area contributed by atoms with Crippen molar-refractivity contribution in [2.45, 2.75) is 13.3 Å². The van der Waals surface area contributed by atoms with Gasteiger partial charge in [0.25, 0.3) is 5.56 Å². The third-order valence-corrected chi connectivity index (χ3v) is 3.32. The fourth-order valence-electron chi connectivity index (χ4n) is 2.18. The monoisotopic (exact) mass is 250 g/mol. The summed E-state index contributed by atoms with van der Waals surface area (Å²) in [5, 5.41) is 0.990. The molecule has 0 spiro atoms. The number of aromatic nitrogens is 2. The Kier molecular flexibility index (Phi) is 2.88. The summed E-state index contributed by atoms with van der Waals surface area (Å²) in [6, 6.07) is 11.9. The van der Waals surface area contributed by atoms with Crippen LogP contribution in [0.2, 0.25) is 0 Å². The molecule has 3 heteroatoms. The van der Waals surface area contributed by atoms with Gasteiger partial charge in [0.1, 0.15) is 0 Å². The molecule has 2 heterocycles. The Hall–Kier alpha value is -2.42. The lowest BCUT2D eigenvalue weighted by Gasteiger charge is -2.04. The van der Waals surface area contributed by atoms with Crippen molar-refractivity contribution in [1.82, 2.24) is 9.97 Å². The van der Waals surface area contributed by atoms with Crippen LogP contribution < -0.4 is 5.56 Å². The zero-order valence-corrected chi connectivity index (χ0v) is 10.7. The van der Waals surface area contributed by atoms with Crippen LogP contribution in [0.3, 0.4) is 0 Å². The number of H-pyrrole nitrogens is 1. The molecule has 2 aromatic heterocycles. The molecule has 0 fully saturated rings. The van der Waals surface area contributed by atoms with E-state index >= 15 is 0 Å². The van der Waals surface area contributed by atoms with Gasteiger partial charge in [-0.1, -0.05) is 31.2 Å². The van der Waals surface area contributed by atoms with Crippen molar-refractivity contribution in [3.63, 3.8) is 0 Å². The van der Waals surface area contributed by atoms with Crippen LogP contribution in [0.1, 0.15) is 12.5 Å². The Morgan fingerprint density at radius 3 is 2.68 bits per heavy atom. The smallest absolute Gasteiger partial charge is 0.256 e. The maximum absolute atomic E-state index is 12.1. The second-order valence-corrected chi connectivity index (χ2v) is 4.53. The molecule has 94 valence electrons. The van der Waals surface area contributed by atoms with Crippen molar-refractivity contribution in [2.75, 3.05) is 0 Å². The average Bonchev–Trinajstić information content (AvgIpc) is 2.47. The molecule has 0 aliphatic rings. The highest BCUT2D eigenvalue weighted by Gasteiger charge is 2.05. The predicted molar refractivity (Wildman–Crippen MR) is 77.2 cm³/mol. The van der Waals surface area contributed by atoms with Crippen molar-refractivity contribution in [2.24, 2.45) is 0 Å². The standard InChI is InChI=1S/C16H14N2O/c1-2-11-3-5-12(6-4-11)14-9-13-7-8-17-10-15(13)18-16(14)19/h3-10H,2H2,1H3,(H,18,19). The number of fused-ring (bicyclic) bond motifs is 1. The molecule has 0 unspecified atom stereocenters. The molecule has 3 rings (SSSR count). The van der Waals surface area contributed by atoms with Gasteiger partial charge < -0.3 is 4.98 Å². The Morgan fingerprint density at radius 1 is 1.16 bits per heavy atom. The van der Waals surface area contributed by atoms with Gasteiger partial charge in [0.05, 0.1) is 11.7 Å². The summed E-state index contributed by atoms with van der Waals surface area (Å²) in [5.41, 5.74) is 3.59. The molecule has 0 bridgehead atoms. The topological polar surface area (TPSA) is 45.8 Å². The van der Waals surface area contributed by atoms with Gasteiger partial charge in [0.15, 0.2) is 0 Å². The minimum atomic E-state index is -0.0789. The summed E-state index contributed by atoms with van der Waals surface area (Å²) >= 11 is 0. The van der Waals surface area contributed by atoms with Gasteiger partial charge in [0, 0.05) is 17.1 Å². The second-order valence-electron chi connectivity index (χ2n) is 4.53. The largest absolute Gasteiger partial charge is 0.320 e. The number of nitrogens with one attached hydrogen (secondary N) is 1. The summed E-state index contributed by atoms with van der Waals surface area (Å²) in [4.78, 5) is 19.0. The number of hydrogen-bond donors (Lipinski definition) is 1. The van der Waals surface area contributed by atoms with Gasteiger partial charge in [-0.05, 0) is 29.7 Å². The first-order valence-corrected chi connectivity index (χ1v) is 6.34. The van der Waals surface area contributed by atoms with Crippen LogP contribution in [0.5, 0.6) is 0 Å². The molecule has 3 aromatic rings. The van der Waals surface area contributed by atoms with E-state index in [4.69, 9.17) is 0 Å². The minimum Gasteiger partial charge on any atom is -0.320 e. The number of benzene rings is 1. The van der Waals surface area contributed by atoms with Crippen LogP contribution in [0, 0.1) is 0 Å². The normalized spacial score (nSPS) is 10.8.